The van der Waals surface area contributed by atoms with E-state index in [2.05, 4.69) is 0 Å². The SMILES string of the molecule is CC(=O)[C@@H]1C[C@@H]2C[C@H]1CC2=O. The molecule has 2 aliphatic carbocycles. The van der Waals surface area contributed by atoms with E-state index in [1.165, 1.54) is 0 Å². The molecule has 0 amide bonds. The third-order valence-corrected chi connectivity index (χ3v) is 3.14. The van der Waals surface area contributed by atoms with E-state index in [1.807, 2.05) is 0 Å². The normalized spacial score (nSPS) is 41.5. The van der Waals surface area contributed by atoms with E-state index < -0.39 is 0 Å². The van der Waals surface area contributed by atoms with Crippen molar-refractivity contribution in [3.05, 3.63) is 0 Å². The summed E-state index contributed by atoms with van der Waals surface area (Å²) in [4.78, 5) is 22.1. The molecule has 11 heavy (non-hydrogen) atoms. The van der Waals surface area contributed by atoms with Crippen LogP contribution in [-0.4, -0.2) is 11.6 Å². The van der Waals surface area contributed by atoms with Crippen LogP contribution < -0.4 is 0 Å². The molecule has 0 unspecified atom stereocenters. The van der Waals surface area contributed by atoms with Crippen LogP contribution in [0.15, 0.2) is 0 Å². The zero-order valence-corrected chi connectivity index (χ0v) is 6.67. The molecule has 0 aliphatic heterocycles. The molecule has 0 N–H and O–H groups in total. The number of carbonyl (C=O) groups is 2. The maximum absolute atomic E-state index is 11.1. The van der Waals surface area contributed by atoms with Crippen molar-refractivity contribution in [2.75, 3.05) is 0 Å². The van der Waals surface area contributed by atoms with Crippen molar-refractivity contribution in [1.82, 2.24) is 0 Å². The first-order valence-electron chi connectivity index (χ1n) is 4.21. The number of hydrogen-bond acceptors (Lipinski definition) is 2. The molecular formula is C9H12O2. The van der Waals surface area contributed by atoms with Crippen molar-refractivity contribution in [2.45, 2.75) is 26.2 Å². The largest absolute Gasteiger partial charge is 0.300 e. The van der Waals surface area contributed by atoms with Gasteiger partial charge in [0.25, 0.3) is 0 Å². The maximum Gasteiger partial charge on any atom is 0.136 e. The molecule has 3 atom stereocenters. The van der Waals surface area contributed by atoms with Crippen LogP contribution in [0.2, 0.25) is 0 Å². The first-order chi connectivity index (χ1) is 5.18. The fourth-order valence-corrected chi connectivity index (χ4v) is 2.54. The van der Waals surface area contributed by atoms with Crippen molar-refractivity contribution in [3.63, 3.8) is 0 Å². The van der Waals surface area contributed by atoms with E-state index in [0.29, 0.717) is 18.1 Å². The molecule has 2 nitrogen and oxygen atoms in total. The fourth-order valence-electron chi connectivity index (χ4n) is 2.54. The van der Waals surface area contributed by atoms with Gasteiger partial charge >= 0.3 is 0 Å². The van der Waals surface area contributed by atoms with E-state index in [4.69, 9.17) is 0 Å². The Labute approximate surface area is 66.0 Å². The summed E-state index contributed by atoms with van der Waals surface area (Å²) in [5.41, 5.74) is 0. The average Bonchev–Trinajstić information content (AvgIpc) is 2.43. The van der Waals surface area contributed by atoms with Gasteiger partial charge in [0, 0.05) is 18.3 Å². The Hall–Kier alpha value is -0.660. The van der Waals surface area contributed by atoms with E-state index in [0.717, 1.165) is 12.8 Å². The van der Waals surface area contributed by atoms with Gasteiger partial charge in [-0.1, -0.05) is 0 Å². The number of hydrogen-bond donors (Lipinski definition) is 0. The minimum absolute atomic E-state index is 0.220. The zero-order chi connectivity index (χ0) is 8.01. The Morgan fingerprint density at radius 1 is 1.45 bits per heavy atom. The molecule has 0 aromatic heterocycles. The molecular weight excluding hydrogens is 140 g/mol. The molecule has 2 saturated carbocycles. The van der Waals surface area contributed by atoms with Crippen LogP contribution in [0.5, 0.6) is 0 Å². The lowest BCUT2D eigenvalue weighted by Crippen LogP contribution is -2.22. The van der Waals surface area contributed by atoms with Gasteiger partial charge in [0.1, 0.15) is 11.6 Å². The average molecular weight is 152 g/mol. The number of carbonyl (C=O) groups excluding carboxylic acids is 2. The Morgan fingerprint density at radius 3 is 2.55 bits per heavy atom. The second kappa shape index (κ2) is 2.16. The molecule has 0 heterocycles. The van der Waals surface area contributed by atoms with Crippen LogP contribution in [0, 0.1) is 17.8 Å². The zero-order valence-electron chi connectivity index (χ0n) is 6.67. The summed E-state index contributed by atoms with van der Waals surface area (Å²) in [5.74, 6) is 1.55. The summed E-state index contributed by atoms with van der Waals surface area (Å²) in [6.07, 6.45) is 2.51. The van der Waals surface area contributed by atoms with E-state index in [9.17, 15) is 9.59 Å². The number of rotatable bonds is 1. The fraction of sp³-hybridized carbons (Fsp3) is 0.778. The quantitative estimate of drug-likeness (QED) is 0.565. The Morgan fingerprint density at radius 2 is 2.18 bits per heavy atom. The number of fused-ring (bicyclic) bond motifs is 2. The lowest BCUT2D eigenvalue weighted by atomic mass is 9.86. The monoisotopic (exact) mass is 152 g/mol. The second-order valence-electron chi connectivity index (χ2n) is 3.82. The standard InChI is InChI=1S/C9H12O2/c1-5(10)8-3-7-2-6(8)4-9(7)11/h6-8H,2-4H2,1H3/t6-,7-,8-/m0/s1. The summed E-state index contributed by atoms with van der Waals surface area (Å²) >= 11 is 0. The van der Waals surface area contributed by atoms with Crippen molar-refractivity contribution in [1.29, 1.82) is 0 Å². The highest BCUT2D eigenvalue weighted by molar-refractivity contribution is 5.89. The first kappa shape index (κ1) is 7.01. The van der Waals surface area contributed by atoms with Crippen LogP contribution in [0.25, 0.3) is 0 Å². The summed E-state index contributed by atoms with van der Waals surface area (Å²) in [6, 6.07) is 0. The van der Waals surface area contributed by atoms with Crippen LogP contribution in [0.3, 0.4) is 0 Å². The molecule has 2 rings (SSSR count). The molecule has 60 valence electrons. The van der Waals surface area contributed by atoms with E-state index in [-0.39, 0.29) is 17.6 Å². The Bertz CT molecular complexity index is 220. The highest BCUT2D eigenvalue weighted by Gasteiger charge is 2.46. The highest BCUT2D eigenvalue weighted by atomic mass is 16.1. The minimum atomic E-state index is 0.220. The van der Waals surface area contributed by atoms with Gasteiger partial charge in [0.15, 0.2) is 0 Å². The molecule has 2 fully saturated rings. The van der Waals surface area contributed by atoms with Gasteiger partial charge < -0.3 is 0 Å². The first-order valence-corrected chi connectivity index (χ1v) is 4.21. The molecule has 0 aromatic rings. The third-order valence-electron chi connectivity index (χ3n) is 3.14. The molecule has 0 radical (unpaired) electrons. The van der Waals surface area contributed by atoms with Gasteiger partial charge in [-0.3, -0.25) is 9.59 Å². The van der Waals surface area contributed by atoms with Crippen LogP contribution in [-0.2, 0) is 9.59 Å². The summed E-state index contributed by atoms with van der Waals surface area (Å²) in [6.45, 7) is 1.65. The summed E-state index contributed by atoms with van der Waals surface area (Å²) in [5, 5.41) is 0. The van der Waals surface area contributed by atoms with E-state index in [1.54, 1.807) is 6.92 Å². The summed E-state index contributed by atoms with van der Waals surface area (Å²) in [7, 11) is 0. The van der Waals surface area contributed by atoms with Crippen molar-refractivity contribution in [3.8, 4) is 0 Å². The van der Waals surface area contributed by atoms with Crippen molar-refractivity contribution < 1.29 is 9.59 Å². The highest BCUT2D eigenvalue weighted by Crippen LogP contribution is 2.46. The predicted octanol–water partition coefficient (Wildman–Crippen LogP) is 1.19. The number of ketones is 2. The Balaban J connectivity index is 2.14. The molecule has 2 bridgehead atoms. The van der Waals surface area contributed by atoms with Crippen LogP contribution in [0.1, 0.15) is 26.2 Å². The van der Waals surface area contributed by atoms with Gasteiger partial charge in [-0.2, -0.15) is 0 Å². The van der Waals surface area contributed by atoms with Gasteiger partial charge in [0.2, 0.25) is 0 Å². The van der Waals surface area contributed by atoms with E-state index >= 15 is 0 Å². The van der Waals surface area contributed by atoms with Crippen molar-refractivity contribution in [2.24, 2.45) is 17.8 Å². The Kier molecular flexibility index (Phi) is 1.38. The minimum Gasteiger partial charge on any atom is -0.300 e. The van der Waals surface area contributed by atoms with Crippen molar-refractivity contribution >= 4 is 11.6 Å². The molecule has 0 aromatic carbocycles. The molecule has 2 aliphatic rings. The molecule has 0 spiro atoms. The lowest BCUT2D eigenvalue weighted by molar-refractivity contribution is -0.126. The van der Waals surface area contributed by atoms with Gasteiger partial charge in [0.05, 0.1) is 0 Å². The molecule has 0 saturated heterocycles. The van der Waals surface area contributed by atoms with Gasteiger partial charge in [-0.25, -0.2) is 0 Å². The third kappa shape index (κ3) is 0.924. The van der Waals surface area contributed by atoms with Crippen LogP contribution >= 0.6 is 0 Å². The molecule has 2 heteroatoms. The smallest absolute Gasteiger partial charge is 0.136 e. The predicted molar refractivity (Wildman–Crippen MR) is 40.0 cm³/mol. The van der Waals surface area contributed by atoms with Gasteiger partial charge in [-0.15, -0.1) is 0 Å². The number of Topliss-reactive ketones (excluding diaryl/α,β-unsaturated/α-hetero) is 2. The lowest BCUT2D eigenvalue weighted by Gasteiger charge is -2.17. The van der Waals surface area contributed by atoms with Gasteiger partial charge in [-0.05, 0) is 25.7 Å². The maximum atomic E-state index is 11.1. The topological polar surface area (TPSA) is 34.1 Å². The second-order valence-corrected chi connectivity index (χ2v) is 3.82. The van der Waals surface area contributed by atoms with Crippen LogP contribution in [0.4, 0.5) is 0 Å². The summed E-state index contributed by atoms with van der Waals surface area (Å²) < 4.78 is 0.